The van der Waals surface area contributed by atoms with Crippen LogP contribution in [0.2, 0.25) is 0 Å². The van der Waals surface area contributed by atoms with Crippen LogP contribution in [0.4, 0.5) is 5.69 Å². The molecule has 0 unspecified atom stereocenters. The summed E-state index contributed by atoms with van der Waals surface area (Å²) < 4.78 is 2.13. The van der Waals surface area contributed by atoms with Crippen LogP contribution in [0, 0.1) is 24.0 Å². The van der Waals surface area contributed by atoms with Gasteiger partial charge in [0.15, 0.2) is 0 Å². The smallest absolute Gasteiger partial charge is 0.272 e. The predicted molar refractivity (Wildman–Crippen MR) is 83.6 cm³/mol. The maximum atomic E-state index is 11.0. The quantitative estimate of drug-likeness (QED) is 0.533. The summed E-state index contributed by atoms with van der Waals surface area (Å²) in [7, 11) is 0. The summed E-state index contributed by atoms with van der Waals surface area (Å²) in [6.45, 7) is 4.51. The Morgan fingerprint density at radius 1 is 1.14 bits per heavy atom. The Kier molecular flexibility index (Phi) is 3.22. The normalized spacial score (nSPS) is 11.0. The van der Waals surface area contributed by atoms with Crippen molar-refractivity contribution in [2.75, 3.05) is 0 Å². The van der Waals surface area contributed by atoms with E-state index in [1.165, 1.54) is 10.9 Å². The Labute approximate surface area is 122 Å². The first-order valence-corrected chi connectivity index (χ1v) is 6.84. The van der Waals surface area contributed by atoms with Crippen LogP contribution in [-0.4, -0.2) is 9.49 Å². The number of rotatable bonds is 3. The molecule has 2 aromatic carbocycles. The van der Waals surface area contributed by atoms with E-state index >= 15 is 0 Å². The standard InChI is InChI=1S/C17H16N2O2/c1-12-6-7-14-8-9-18(17(14)10-12)11-15-4-3-5-16(13(15)2)19(20)21/h3-10H,11H2,1-2H3. The van der Waals surface area contributed by atoms with Gasteiger partial charge in [0.05, 0.1) is 4.92 Å². The predicted octanol–water partition coefficient (Wildman–Crippen LogP) is 4.21. The molecule has 0 N–H and O–H groups in total. The van der Waals surface area contributed by atoms with E-state index in [1.54, 1.807) is 12.1 Å². The minimum absolute atomic E-state index is 0.181. The SMILES string of the molecule is Cc1ccc2ccn(Cc3cccc([N+](=O)[O-])c3C)c2c1. The summed E-state index contributed by atoms with van der Waals surface area (Å²) >= 11 is 0. The Morgan fingerprint density at radius 3 is 2.71 bits per heavy atom. The van der Waals surface area contributed by atoms with E-state index in [0.717, 1.165) is 16.6 Å². The van der Waals surface area contributed by atoms with Crippen molar-refractivity contribution < 1.29 is 4.92 Å². The number of nitro groups is 1. The van der Waals surface area contributed by atoms with Gasteiger partial charge in [-0.2, -0.15) is 0 Å². The number of benzene rings is 2. The lowest BCUT2D eigenvalue weighted by atomic mass is 10.1. The minimum atomic E-state index is -0.323. The van der Waals surface area contributed by atoms with Crippen LogP contribution in [0.15, 0.2) is 48.7 Å². The second kappa shape index (κ2) is 5.05. The zero-order valence-electron chi connectivity index (χ0n) is 12.0. The summed E-state index contributed by atoms with van der Waals surface area (Å²) in [6, 6.07) is 13.6. The van der Waals surface area contributed by atoms with Crippen LogP contribution in [0.3, 0.4) is 0 Å². The second-order valence-corrected chi connectivity index (χ2v) is 5.32. The van der Waals surface area contributed by atoms with Crippen LogP contribution in [0.1, 0.15) is 16.7 Å². The van der Waals surface area contributed by atoms with E-state index in [2.05, 4.69) is 35.8 Å². The van der Waals surface area contributed by atoms with E-state index in [0.29, 0.717) is 6.54 Å². The first-order chi connectivity index (χ1) is 10.1. The molecule has 106 valence electrons. The van der Waals surface area contributed by atoms with Gasteiger partial charge in [-0.25, -0.2) is 0 Å². The summed E-state index contributed by atoms with van der Waals surface area (Å²) in [6.07, 6.45) is 2.03. The first kappa shape index (κ1) is 13.4. The van der Waals surface area contributed by atoms with Crippen molar-refractivity contribution in [3.05, 3.63) is 75.5 Å². The van der Waals surface area contributed by atoms with Crippen LogP contribution in [0.25, 0.3) is 10.9 Å². The highest BCUT2D eigenvalue weighted by Gasteiger charge is 2.13. The van der Waals surface area contributed by atoms with Gasteiger partial charge in [0.2, 0.25) is 0 Å². The van der Waals surface area contributed by atoms with Crippen LogP contribution in [-0.2, 0) is 6.54 Å². The molecule has 0 aliphatic carbocycles. The van der Waals surface area contributed by atoms with Gasteiger partial charge in [-0.3, -0.25) is 10.1 Å². The van der Waals surface area contributed by atoms with E-state index in [-0.39, 0.29) is 10.6 Å². The third-order valence-electron chi connectivity index (χ3n) is 3.88. The average Bonchev–Trinajstić information content (AvgIpc) is 2.83. The molecule has 0 atom stereocenters. The maximum Gasteiger partial charge on any atom is 0.272 e. The van der Waals surface area contributed by atoms with Gasteiger partial charge < -0.3 is 4.57 Å². The summed E-state index contributed by atoms with van der Waals surface area (Å²) in [5, 5.41) is 12.2. The Morgan fingerprint density at radius 2 is 1.95 bits per heavy atom. The third-order valence-corrected chi connectivity index (χ3v) is 3.88. The zero-order valence-corrected chi connectivity index (χ0v) is 12.0. The number of nitrogens with zero attached hydrogens (tertiary/aromatic N) is 2. The Bertz CT molecular complexity index is 834. The van der Waals surface area contributed by atoms with Crippen molar-refractivity contribution in [1.29, 1.82) is 0 Å². The molecular weight excluding hydrogens is 264 g/mol. The number of nitro benzene ring substituents is 1. The van der Waals surface area contributed by atoms with E-state index in [4.69, 9.17) is 0 Å². The molecule has 21 heavy (non-hydrogen) atoms. The van der Waals surface area contributed by atoms with Gasteiger partial charge in [-0.05, 0) is 42.5 Å². The Balaban J connectivity index is 2.05. The number of aromatic nitrogens is 1. The molecule has 0 fully saturated rings. The van der Waals surface area contributed by atoms with Gasteiger partial charge in [-0.15, -0.1) is 0 Å². The Hall–Kier alpha value is -2.62. The fourth-order valence-corrected chi connectivity index (χ4v) is 2.65. The van der Waals surface area contributed by atoms with Crippen LogP contribution >= 0.6 is 0 Å². The van der Waals surface area contributed by atoms with Gasteiger partial charge in [-0.1, -0.05) is 24.3 Å². The van der Waals surface area contributed by atoms with Crippen LogP contribution < -0.4 is 0 Å². The molecular formula is C17H16N2O2. The molecule has 0 saturated carbocycles. The topological polar surface area (TPSA) is 48.1 Å². The number of fused-ring (bicyclic) bond motifs is 1. The van der Waals surface area contributed by atoms with Crippen molar-refractivity contribution >= 4 is 16.6 Å². The molecule has 4 heteroatoms. The van der Waals surface area contributed by atoms with Crippen molar-refractivity contribution in [1.82, 2.24) is 4.57 Å². The fraction of sp³-hybridized carbons (Fsp3) is 0.176. The molecule has 0 radical (unpaired) electrons. The second-order valence-electron chi connectivity index (χ2n) is 5.32. The van der Waals surface area contributed by atoms with Gasteiger partial charge in [0, 0.05) is 29.9 Å². The van der Waals surface area contributed by atoms with E-state index in [1.807, 2.05) is 19.2 Å². The number of hydrogen-bond acceptors (Lipinski definition) is 2. The lowest BCUT2D eigenvalue weighted by molar-refractivity contribution is -0.385. The van der Waals surface area contributed by atoms with Crippen molar-refractivity contribution in [3.8, 4) is 0 Å². The lowest BCUT2D eigenvalue weighted by Gasteiger charge is -2.09. The maximum absolute atomic E-state index is 11.0. The molecule has 0 spiro atoms. The molecule has 4 nitrogen and oxygen atoms in total. The molecule has 0 aliphatic rings. The summed E-state index contributed by atoms with van der Waals surface area (Å²) in [5.41, 5.74) is 4.25. The fourth-order valence-electron chi connectivity index (χ4n) is 2.65. The molecule has 3 aromatic rings. The number of aryl methyl sites for hydroxylation is 1. The molecule has 0 aliphatic heterocycles. The third kappa shape index (κ3) is 2.40. The number of hydrogen-bond donors (Lipinski definition) is 0. The lowest BCUT2D eigenvalue weighted by Crippen LogP contribution is -2.02. The summed E-state index contributed by atoms with van der Waals surface area (Å²) in [4.78, 5) is 10.7. The molecule has 3 rings (SSSR count). The molecule has 0 saturated heterocycles. The molecule has 0 amide bonds. The highest BCUT2D eigenvalue weighted by molar-refractivity contribution is 5.80. The van der Waals surface area contributed by atoms with Gasteiger partial charge >= 0.3 is 0 Å². The molecule has 0 bridgehead atoms. The van der Waals surface area contributed by atoms with Gasteiger partial charge in [0.25, 0.3) is 5.69 Å². The molecule has 1 heterocycles. The highest BCUT2D eigenvalue weighted by atomic mass is 16.6. The van der Waals surface area contributed by atoms with E-state index in [9.17, 15) is 10.1 Å². The van der Waals surface area contributed by atoms with E-state index < -0.39 is 0 Å². The zero-order chi connectivity index (χ0) is 15.0. The van der Waals surface area contributed by atoms with Crippen molar-refractivity contribution in [2.24, 2.45) is 0 Å². The monoisotopic (exact) mass is 280 g/mol. The largest absolute Gasteiger partial charge is 0.343 e. The van der Waals surface area contributed by atoms with Gasteiger partial charge in [0.1, 0.15) is 0 Å². The highest BCUT2D eigenvalue weighted by Crippen LogP contribution is 2.24. The first-order valence-electron chi connectivity index (χ1n) is 6.84. The molecule has 1 aromatic heterocycles. The average molecular weight is 280 g/mol. The summed E-state index contributed by atoms with van der Waals surface area (Å²) in [5.74, 6) is 0. The van der Waals surface area contributed by atoms with Crippen molar-refractivity contribution in [3.63, 3.8) is 0 Å². The van der Waals surface area contributed by atoms with Crippen LogP contribution in [0.5, 0.6) is 0 Å². The van der Waals surface area contributed by atoms with Crippen molar-refractivity contribution in [2.45, 2.75) is 20.4 Å². The minimum Gasteiger partial charge on any atom is -0.343 e.